The number of halogens is 3. The third kappa shape index (κ3) is 5.87. The molecule has 2 N–H and O–H groups in total. The zero-order valence-corrected chi connectivity index (χ0v) is 20.3. The van der Waals surface area contributed by atoms with Gasteiger partial charge in [0.15, 0.2) is 0 Å². The molecule has 2 atom stereocenters. The molecule has 1 heterocycles. The monoisotopic (exact) mass is 512 g/mol. The van der Waals surface area contributed by atoms with E-state index in [1.807, 2.05) is 6.92 Å². The number of carbonyl (C=O) groups is 2. The molecule has 3 aromatic rings. The van der Waals surface area contributed by atoms with E-state index in [-0.39, 0.29) is 18.2 Å². The Morgan fingerprint density at radius 2 is 1.73 bits per heavy atom. The summed E-state index contributed by atoms with van der Waals surface area (Å²) < 4.78 is 51.8. The van der Waals surface area contributed by atoms with Crippen LogP contribution in [0.3, 0.4) is 0 Å². The van der Waals surface area contributed by atoms with Gasteiger partial charge in [-0.2, -0.15) is 0 Å². The minimum Gasteiger partial charge on any atom is -0.450 e. The van der Waals surface area contributed by atoms with Crippen LogP contribution in [0.25, 0.3) is 11.1 Å². The van der Waals surface area contributed by atoms with Crippen molar-refractivity contribution in [1.29, 1.82) is 0 Å². The number of benzene rings is 3. The Hall–Kier alpha value is -4.01. The highest BCUT2D eigenvalue weighted by Gasteiger charge is 2.43. The number of hydrogen-bond donors (Lipinski definition) is 1. The first-order valence-corrected chi connectivity index (χ1v) is 11.9. The van der Waals surface area contributed by atoms with Crippen molar-refractivity contribution in [3.8, 4) is 11.1 Å². The van der Waals surface area contributed by atoms with Gasteiger partial charge in [0.2, 0.25) is 0 Å². The fourth-order valence-corrected chi connectivity index (χ4v) is 4.67. The fourth-order valence-electron chi connectivity index (χ4n) is 4.67. The molecule has 0 radical (unpaired) electrons. The highest BCUT2D eigenvalue weighted by molar-refractivity contribution is 5.70. The summed E-state index contributed by atoms with van der Waals surface area (Å²) >= 11 is 0. The van der Waals surface area contributed by atoms with Crippen molar-refractivity contribution in [2.45, 2.75) is 37.8 Å². The number of hydrogen-bond acceptors (Lipinski definition) is 4. The van der Waals surface area contributed by atoms with Gasteiger partial charge in [-0.15, -0.1) is 0 Å². The number of nitrogens with zero attached hydrogens (tertiary/aromatic N) is 1. The molecule has 2 amide bonds. The first-order chi connectivity index (χ1) is 17.7. The lowest BCUT2D eigenvalue weighted by Crippen LogP contribution is -2.48. The van der Waals surface area contributed by atoms with Gasteiger partial charge in [-0.05, 0) is 60.7 Å². The molecule has 37 heavy (non-hydrogen) atoms. The third-order valence-corrected chi connectivity index (χ3v) is 6.72. The van der Waals surface area contributed by atoms with Gasteiger partial charge in [0.05, 0.1) is 12.6 Å². The molecule has 1 aliphatic rings. The molecule has 0 unspecified atom stereocenters. The number of rotatable bonds is 8. The molecule has 6 nitrogen and oxygen atoms in total. The minimum absolute atomic E-state index is 0.0664. The quantitative estimate of drug-likeness (QED) is 0.352. The lowest BCUT2D eigenvalue weighted by Gasteiger charge is -2.43. The van der Waals surface area contributed by atoms with Crippen molar-refractivity contribution >= 4 is 12.2 Å². The molecule has 194 valence electrons. The van der Waals surface area contributed by atoms with Crippen LogP contribution in [0.4, 0.5) is 22.8 Å². The van der Waals surface area contributed by atoms with E-state index in [9.17, 15) is 22.8 Å². The zero-order valence-electron chi connectivity index (χ0n) is 20.3. The minimum atomic E-state index is -1.01. The number of nitrogens with two attached hydrogens (primary N) is 1. The molecule has 1 saturated heterocycles. The summed E-state index contributed by atoms with van der Waals surface area (Å²) in [6, 6.07) is 15.9. The van der Waals surface area contributed by atoms with Crippen LogP contribution in [-0.2, 0) is 15.1 Å². The van der Waals surface area contributed by atoms with E-state index in [1.165, 1.54) is 24.3 Å². The first kappa shape index (κ1) is 26.1. The second-order valence-electron chi connectivity index (χ2n) is 9.01. The second kappa shape index (κ2) is 10.9. The summed E-state index contributed by atoms with van der Waals surface area (Å²) in [4.78, 5) is 25.7. The van der Waals surface area contributed by atoms with Crippen molar-refractivity contribution in [3.05, 3.63) is 95.3 Å². The Labute approximate surface area is 212 Å². The molecule has 3 aromatic carbocycles. The smallest absolute Gasteiger partial charge is 0.411 e. The molecule has 4 rings (SSSR count). The van der Waals surface area contributed by atoms with Crippen LogP contribution < -0.4 is 5.73 Å². The van der Waals surface area contributed by atoms with Crippen LogP contribution in [-0.4, -0.2) is 30.2 Å². The highest BCUT2D eigenvalue weighted by Crippen LogP contribution is 2.40. The summed E-state index contributed by atoms with van der Waals surface area (Å²) in [5, 5.41) is 0. The summed E-state index contributed by atoms with van der Waals surface area (Å²) in [5.41, 5.74) is 6.35. The van der Waals surface area contributed by atoms with E-state index in [0.29, 0.717) is 36.9 Å². The summed E-state index contributed by atoms with van der Waals surface area (Å²) in [7, 11) is 0. The topological polar surface area (TPSA) is 81.9 Å². The predicted molar refractivity (Wildman–Crippen MR) is 131 cm³/mol. The van der Waals surface area contributed by atoms with Crippen LogP contribution in [0.15, 0.2) is 66.7 Å². The average molecular weight is 513 g/mol. The van der Waals surface area contributed by atoms with E-state index in [1.54, 1.807) is 41.3 Å². The number of primary amides is 1. The Balaban J connectivity index is 1.50. The number of carbonyl (C=O) groups excluding carboxylic acids is 2. The Bertz CT molecular complexity index is 1270. The average Bonchev–Trinajstić information content (AvgIpc) is 2.87. The van der Waals surface area contributed by atoms with Gasteiger partial charge in [0, 0.05) is 24.6 Å². The first-order valence-electron chi connectivity index (χ1n) is 11.9. The molecular weight excluding hydrogens is 485 g/mol. The van der Waals surface area contributed by atoms with Gasteiger partial charge in [0.1, 0.15) is 23.1 Å². The maximum absolute atomic E-state index is 14.2. The normalized spacial score (nSPS) is 18.3. The van der Waals surface area contributed by atoms with E-state index >= 15 is 0 Å². The van der Waals surface area contributed by atoms with E-state index in [4.69, 9.17) is 15.2 Å². The molecule has 0 aromatic heterocycles. The Morgan fingerprint density at radius 1 is 1.05 bits per heavy atom. The molecular formula is C28H27F3N2O4. The van der Waals surface area contributed by atoms with E-state index < -0.39 is 35.2 Å². The van der Waals surface area contributed by atoms with Gasteiger partial charge in [-0.1, -0.05) is 36.4 Å². The van der Waals surface area contributed by atoms with Crippen molar-refractivity contribution in [2.24, 2.45) is 5.73 Å². The summed E-state index contributed by atoms with van der Waals surface area (Å²) in [5.74, 6) is -1.71. The standard InChI is InChI=1S/C28H27F3N2O4/c1-18(19-3-5-20(6-4-19)24-12-11-23(30)17-25(24)31)33-15-14-28(37-27(33)35,13-2-16-36-26(32)34)21-7-9-22(29)10-8-21/h3-12,17-18H,2,13-16H2,1H3,(H2,32,34)/t18-,28-/m0/s1. The largest absolute Gasteiger partial charge is 0.450 e. The Kier molecular flexibility index (Phi) is 7.71. The van der Waals surface area contributed by atoms with Gasteiger partial charge in [0.25, 0.3) is 0 Å². The van der Waals surface area contributed by atoms with E-state index in [2.05, 4.69) is 0 Å². The van der Waals surface area contributed by atoms with Gasteiger partial charge >= 0.3 is 12.2 Å². The number of ether oxygens (including phenoxy) is 2. The van der Waals surface area contributed by atoms with Crippen LogP contribution in [0.5, 0.6) is 0 Å². The van der Waals surface area contributed by atoms with Gasteiger partial charge < -0.3 is 20.1 Å². The maximum Gasteiger partial charge on any atom is 0.411 e. The lowest BCUT2D eigenvalue weighted by molar-refractivity contribution is -0.0681. The molecule has 0 bridgehead atoms. The SMILES string of the molecule is C[C@@H](c1ccc(-c2ccc(F)cc2F)cc1)N1CC[C@@](CCCOC(N)=O)(c2ccc(F)cc2)OC1=O. The third-order valence-electron chi connectivity index (χ3n) is 6.72. The maximum atomic E-state index is 14.2. The molecule has 0 spiro atoms. The van der Waals surface area contributed by atoms with Crippen molar-refractivity contribution in [1.82, 2.24) is 4.90 Å². The Morgan fingerprint density at radius 3 is 2.35 bits per heavy atom. The van der Waals surface area contributed by atoms with Gasteiger partial charge in [-0.25, -0.2) is 22.8 Å². The van der Waals surface area contributed by atoms with Crippen molar-refractivity contribution in [2.75, 3.05) is 13.2 Å². The van der Waals surface area contributed by atoms with Crippen molar-refractivity contribution in [3.63, 3.8) is 0 Å². The second-order valence-corrected chi connectivity index (χ2v) is 9.01. The fraction of sp³-hybridized carbons (Fsp3) is 0.286. The molecule has 0 aliphatic carbocycles. The van der Waals surface area contributed by atoms with Crippen LogP contribution in [0.2, 0.25) is 0 Å². The van der Waals surface area contributed by atoms with Crippen LogP contribution >= 0.6 is 0 Å². The van der Waals surface area contributed by atoms with E-state index in [0.717, 1.165) is 11.6 Å². The zero-order chi connectivity index (χ0) is 26.6. The van der Waals surface area contributed by atoms with Crippen molar-refractivity contribution < 1.29 is 32.2 Å². The number of amides is 2. The molecule has 0 saturated carbocycles. The lowest BCUT2D eigenvalue weighted by atomic mass is 9.84. The summed E-state index contributed by atoms with van der Waals surface area (Å²) in [6.07, 6.45) is -0.232. The van der Waals surface area contributed by atoms with Gasteiger partial charge in [-0.3, -0.25) is 0 Å². The van der Waals surface area contributed by atoms with Crippen LogP contribution in [0, 0.1) is 17.5 Å². The molecule has 9 heteroatoms. The highest BCUT2D eigenvalue weighted by atomic mass is 19.1. The number of cyclic esters (lactones) is 1. The molecule has 1 fully saturated rings. The molecule has 1 aliphatic heterocycles. The van der Waals surface area contributed by atoms with Crippen LogP contribution in [0.1, 0.15) is 43.4 Å². The summed E-state index contributed by atoms with van der Waals surface area (Å²) in [6.45, 7) is 2.29. The predicted octanol–water partition coefficient (Wildman–Crippen LogP) is 6.45.